The molecule has 0 bridgehead atoms. The van der Waals surface area contributed by atoms with Crippen LogP contribution in [0.5, 0.6) is 0 Å². The Balaban J connectivity index is 2.28. The maximum atomic E-state index is 12.1. The average Bonchev–Trinajstić information content (AvgIpc) is 2.80. The molecule has 20 heavy (non-hydrogen) atoms. The summed E-state index contributed by atoms with van der Waals surface area (Å²) in [5.74, 6) is 1.09. The highest BCUT2D eigenvalue weighted by molar-refractivity contribution is 9.10. The van der Waals surface area contributed by atoms with E-state index in [2.05, 4.69) is 37.2 Å². The zero-order valence-corrected chi connectivity index (χ0v) is 11.8. The fourth-order valence-electron chi connectivity index (χ4n) is 1.59. The highest BCUT2D eigenvalue weighted by atomic mass is 79.9. The van der Waals surface area contributed by atoms with E-state index in [9.17, 15) is 9.59 Å². The number of nitrogens with two attached hydrogens (primary N) is 1. The fourth-order valence-corrected chi connectivity index (χ4v) is 1.88. The third-order valence-electron chi connectivity index (χ3n) is 2.54. The van der Waals surface area contributed by atoms with Crippen LogP contribution in [-0.4, -0.2) is 32.5 Å². The SMILES string of the molecule is C#CC[C@H](NC(=O)c1cnn2cc(Br)cnc12)C(N)=O. The summed E-state index contributed by atoms with van der Waals surface area (Å²) in [6.45, 7) is 0. The van der Waals surface area contributed by atoms with E-state index in [0.717, 1.165) is 4.47 Å². The number of amides is 2. The summed E-state index contributed by atoms with van der Waals surface area (Å²) in [7, 11) is 0. The average molecular weight is 336 g/mol. The number of carbonyl (C=O) groups excluding carboxylic acids is 2. The van der Waals surface area contributed by atoms with Crippen LogP contribution < -0.4 is 11.1 Å². The van der Waals surface area contributed by atoms with Gasteiger partial charge in [-0.25, -0.2) is 9.50 Å². The molecule has 0 fully saturated rings. The molecule has 2 aromatic heterocycles. The standard InChI is InChI=1S/C12H10BrN5O2/c1-2-3-9(10(14)19)17-12(20)8-5-16-18-6-7(13)4-15-11(8)18/h1,4-6,9H,3H2,(H2,14,19)(H,17,20)/t9-/m0/s1. The van der Waals surface area contributed by atoms with Gasteiger partial charge >= 0.3 is 0 Å². The number of halogens is 1. The molecule has 2 rings (SSSR count). The lowest BCUT2D eigenvalue weighted by atomic mass is 10.2. The van der Waals surface area contributed by atoms with Crippen molar-refractivity contribution < 1.29 is 9.59 Å². The number of aromatic nitrogens is 3. The molecule has 0 aliphatic rings. The van der Waals surface area contributed by atoms with Crippen LogP contribution in [0.4, 0.5) is 0 Å². The lowest BCUT2D eigenvalue weighted by molar-refractivity contribution is -0.119. The predicted molar refractivity (Wildman–Crippen MR) is 74.6 cm³/mol. The minimum absolute atomic E-state index is 0.0270. The molecule has 0 aliphatic carbocycles. The van der Waals surface area contributed by atoms with Crippen molar-refractivity contribution in [3.63, 3.8) is 0 Å². The Morgan fingerprint density at radius 2 is 2.30 bits per heavy atom. The molecule has 3 N–H and O–H groups in total. The minimum atomic E-state index is -0.919. The highest BCUT2D eigenvalue weighted by Crippen LogP contribution is 2.12. The zero-order valence-electron chi connectivity index (χ0n) is 10.2. The van der Waals surface area contributed by atoms with Crippen molar-refractivity contribution in [3.8, 4) is 12.3 Å². The van der Waals surface area contributed by atoms with E-state index in [1.165, 1.54) is 10.7 Å². The van der Waals surface area contributed by atoms with E-state index < -0.39 is 17.9 Å². The van der Waals surface area contributed by atoms with Gasteiger partial charge in [0.1, 0.15) is 11.6 Å². The molecule has 0 aliphatic heterocycles. The second-order valence-electron chi connectivity index (χ2n) is 3.94. The van der Waals surface area contributed by atoms with Gasteiger partial charge in [0, 0.05) is 18.8 Å². The quantitative estimate of drug-likeness (QED) is 0.773. The van der Waals surface area contributed by atoms with Gasteiger partial charge in [0.2, 0.25) is 5.91 Å². The first-order chi connectivity index (χ1) is 9.52. The first-order valence-corrected chi connectivity index (χ1v) is 6.34. The van der Waals surface area contributed by atoms with Gasteiger partial charge in [0.25, 0.3) is 5.91 Å². The number of carbonyl (C=O) groups is 2. The predicted octanol–water partition coefficient (Wildman–Crippen LogP) is 0.0988. The largest absolute Gasteiger partial charge is 0.368 e. The Bertz CT molecular complexity index is 718. The van der Waals surface area contributed by atoms with Gasteiger partial charge in [-0.3, -0.25) is 9.59 Å². The van der Waals surface area contributed by atoms with E-state index in [4.69, 9.17) is 12.2 Å². The van der Waals surface area contributed by atoms with E-state index in [1.54, 1.807) is 12.4 Å². The van der Waals surface area contributed by atoms with Crippen molar-refractivity contribution in [2.45, 2.75) is 12.5 Å². The summed E-state index contributed by atoms with van der Waals surface area (Å²) in [4.78, 5) is 27.4. The second kappa shape index (κ2) is 5.71. The summed E-state index contributed by atoms with van der Waals surface area (Å²) < 4.78 is 2.17. The van der Waals surface area contributed by atoms with E-state index in [-0.39, 0.29) is 12.0 Å². The van der Waals surface area contributed by atoms with Crippen molar-refractivity contribution in [3.05, 3.63) is 28.6 Å². The summed E-state index contributed by atoms with van der Waals surface area (Å²) in [6, 6.07) is -0.919. The van der Waals surface area contributed by atoms with Gasteiger partial charge in [-0.05, 0) is 15.9 Å². The summed E-state index contributed by atoms with van der Waals surface area (Å²) in [6.07, 6.45) is 9.71. The molecule has 7 nitrogen and oxygen atoms in total. The monoisotopic (exact) mass is 335 g/mol. The lowest BCUT2D eigenvalue weighted by Gasteiger charge is -2.11. The molecular weight excluding hydrogens is 326 g/mol. The Kier molecular flexibility index (Phi) is 4.00. The molecular formula is C12H10BrN5O2. The first kappa shape index (κ1) is 14.0. The normalized spacial score (nSPS) is 11.8. The summed E-state index contributed by atoms with van der Waals surface area (Å²) >= 11 is 3.25. The first-order valence-electron chi connectivity index (χ1n) is 5.55. The molecule has 2 amide bonds. The van der Waals surface area contributed by atoms with Gasteiger partial charge in [-0.15, -0.1) is 12.3 Å². The van der Waals surface area contributed by atoms with Gasteiger partial charge < -0.3 is 11.1 Å². The van der Waals surface area contributed by atoms with E-state index in [0.29, 0.717) is 5.65 Å². The molecule has 1 atom stereocenters. The van der Waals surface area contributed by atoms with Crippen molar-refractivity contribution >= 4 is 33.4 Å². The number of fused-ring (bicyclic) bond motifs is 1. The smallest absolute Gasteiger partial charge is 0.257 e. The third-order valence-corrected chi connectivity index (χ3v) is 2.95. The van der Waals surface area contributed by atoms with Crippen LogP contribution in [0.3, 0.4) is 0 Å². The number of nitrogens with zero attached hydrogens (tertiary/aromatic N) is 3. The van der Waals surface area contributed by atoms with Crippen LogP contribution in [0.25, 0.3) is 5.65 Å². The van der Waals surface area contributed by atoms with Crippen LogP contribution in [0, 0.1) is 12.3 Å². The molecule has 0 saturated heterocycles. The maximum absolute atomic E-state index is 12.1. The Morgan fingerprint density at radius 1 is 1.55 bits per heavy atom. The number of nitrogens with one attached hydrogen (secondary N) is 1. The molecule has 0 saturated carbocycles. The number of terminal acetylenes is 1. The molecule has 0 radical (unpaired) electrons. The summed E-state index contributed by atoms with van der Waals surface area (Å²) in [5.41, 5.74) is 5.77. The Labute approximate surface area is 122 Å². The van der Waals surface area contributed by atoms with Crippen LogP contribution in [0.1, 0.15) is 16.8 Å². The molecule has 2 heterocycles. The van der Waals surface area contributed by atoms with Gasteiger partial charge in [-0.2, -0.15) is 5.10 Å². The molecule has 0 unspecified atom stereocenters. The second-order valence-corrected chi connectivity index (χ2v) is 4.85. The molecule has 102 valence electrons. The third kappa shape index (κ3) is 2.78. The number of rotatable bonds is 4. The molecule has 0 aromatic carbocycles. The van der Waals surface area contributed by atoms with Gasteiger partial charge in [0.05, 0.1) is 10.7 Å². The van der Waals surface area contributed by atoms with Gasteiger partial charge in [0.15, 0.2) is 5.65 Å². The highest BCUT2D eigenvalue weighted by Gasteiger charge is 2.20. The van der Waals surface area contributed by atoms with Crippen LogP contribution in [-0.2, 0) is 4.79 Å². The summed E-state index contributed by atoms with van der Waals surface area (Å²) in [5, 5.41) is 6.47. The van der Waals surface area contributed by atoms with E-state index >= 15 is 0 Å². The maximum Gasteiger partial charge on any atom is 0.257 e. The van der Waals surface area contributed by atoms with Crippen LogP contribution in [0.2, 0.25) is 0 Å². The molecule has 0 spiro atoms. The molecule has 2 aromatic rings. The molecule has 8 heteroatoms. The van der Waals surface area contributed by atoms with Crippen molar-refractivity contribution in [1.82, 2.24) is 19.9 Å². The van der Waals surface area contributed by atoms with Crippen LogP contribution >= 0.6 is 15.9 Å². The Morgan fingerprint density at radius 3 is 2.95 bits per heavy atom. The van der Waals surface area contributed by atoms with Crippen molar-refractivity contribution in [2.75, 3.05) is 0 Å². The minimum Gasteiger partial charge on any atom is -0.368 e. The topological polar surface area (TPSA) is 102 Å². The fraction of sp³-hybridized carbons (Fsp3) is 0.167. The van der Waals surface area contributed by atoms with Crippen LogP contribution in [0.15, 0.2) is 23.1 Å². The zero-order chi connectivity index (χ0) is 14.7. The number of primary amides is 1. The van der Waals surface area contributed by atoms with E-state index in [1.807, 2.05) is 0 Å². The van der Waals surface area contributed by atoms with Gasteiger partial charge in [-0.1, -0.05) is 0 Å². The van der Waals surface area contributed by atoms with Crippen molar-refractivity contribution in [1.29, 1.82) is 0 Å². The van der Waals surface area contributed by atoms with Crippen molar-refractivity contribution in [2.24, 2.45) is 5.73 Å². The number of hydrogen-bond acceptors (Lipinski definition) is 4. The Hall–Kier alpha value is -2.40. The number of hydrogen-bond donors (Lipinski definition) is 2. The lowest BCUT2D eigenvalue weighted by Crippen LogP contribution is -2.44.